The maximum Gasteiger partial charge on any atom is 0.252 e. The first kappa shape index (κ1) is 19.5. The summed E-state index contributed by atoms with van der Waals surface area (Å²) in [5.41, 5.74) is 5.19. The molecule has 1 atom stereocenters. The fourth-order valence-electron chi connectivity index (χ4n) is 1.45. The maximum atomic E-state index is 13.2. The van der Waals surface area contributed by atoms with Crippen LogP contribution in [0.25, 0.3) is 0 Å². The van der Waals surface area contributed by atoms with Crippen LogP contribution < -0.4 is 11.1 Å². The highest BCUT2D eigenvalue weighted by atomic mass is 127. The summed E-state index contributed by atoms with van der Waals surface area (Å²) >= 11 is 1.80. The van der Waals surface area contributed by atoms with E-state index < -0.39 is 23.1 Å². The summed E-state index contributed by atoms with van der Waals surface area (Å²) in [6.07, 6.45) is 0. The molecule has 0 saturated heterocycles. The average Bonchev–Trinajstić information content (AvgIpc) is 2.33. The van der Waals surface area contributed by atoms with Crippen LogP contribution in [0.15, 0.2) is 12.1 Å². The molecule has 0 bridgehead atoms. The smallest absolute Gasteiger partial charge is 0.252 e. The Balaban J connectivity index is 0.00000361. The molecular weight excluding hydrogens is 401 g/mol. The van der Waals surface area contributed by atoms with Crippen molar-refractivity contribution in [3.05, 3.63) is 32.9 Å². The van der Waals surface area contributed by atoms with Gasteiger partial charge in [0.25, 0.3) is 5.91 Å². The monoisotopic (exact) mass is 418 g/mol. The van der Waals surface area contributed by atoms with Crippen molar-refractivity contribution in [3.63, 3.8) is 0 Å². The lowest BCUT2D eigenvalue weighted by Crippen LogP contribution is -2.55. The molecule has 1 unspecified atom stereocenters. The van der Waals surface area contributed by atoms with E-state index >= 15 is 0 Å². The lowest BCUT2D eigenvalue weighted by molar-refractivity contribution is 0.0881. The van der Waals surface area contributed by atoms with Crippen LogP contribution in [-0.4, -0.2) is 18.0 Å². The van der Waals surface area contributed by atoms with Crippen LogP contribution in [-0.2, 0) is 0 Å². The summed E-state index contributed by atoms with van der Waals surface area (Å²) < 4.78 is 26.6. The van der Waals surface area contributed by atoms with Crippen LogP contribution in [0.3, 0.4) is 0 Å². The molecule has 0 aliphatic rings. The van der Waals surface area contributed by atoms with E-state index in [1.54, 1.807) is 22.6 Å². The van der Waals surface area contributed by atoms with Crippen molar-refractivity contribution in [3.8, 4) is 0 Å². The maximum absolute atomic E-state index is 13.2. The molecule has 0 radical (unpaired) electrons. The molecule has 0 saturated carbocycles. The Morgan fingerprint density at radius 3 is 2.35 bits per heavy atom. The molecule has 0 heterocycles. The zero-order chi connectivity index (χ0) is 14.8. The van der Waals surface area contributed by atoms with Crippen molar-refractivity contribution in [1.82, 2.24) is 5.32 Å². The molecule has 1 amide bonds. The zero-order valence-corrected chi connectivity index (χ0v) is 14.4. The second-order valence-electron chi connectivity index (χ2n) is 4.98. The first-order chi connectivity index (χ1) is 8.71. The highest BCUT2D eigenvalue weighted by Crippen LogP contribution is 2.20. The predicted octanol–water partition coefficient (Wildman–Crippen LogP) is 3.09. The van der Waals surface area contributed by atoms with Crippen LogP contribution in [0.2, 0.25) is 0 Å². The van der Waals surface area contributed by atoms with Crippen LogP contribution in [0.5, 0.6) is 0 Å². The number of carbonyl (C=O) groups excluding carboxylic acids is 1. The van der Waals surface area contributed by atoms with Gasteiger partial charge in [0.1, 0.15) is 0 Å². The second-order valence-corrected chi connectivity index (χ2v) is 6.14. The molecule has 7 heteroatoms. The number of hydrogen-bond donors (Lipinski definition) is 2. The number of benzene rings is 1. The lowest BCUT2D eigenvalue weighted by atomic mass is 9.88. The van der Waals surface area contributed by atoms with Gasteiger partial charge in [0.2, 0.25) is 0 Å². The highest BCUT2D eigenvalue weighted by Gasteiger charge is 2.29. The largest absolute Gasteiger partial charge is 0.345 e. The van der Waals surface area contributed by atoms with E-state index in [1.165, 1.54) is 0 Å². The van der Waals surface area contributed by atoms with Gasteiger partial charge in [0, 0.05) is 10.1 Å². The number of nitrogens with two attached hydrogens (primary N) is 1. The standard InChI is InChI=1S/C13H17F2IN2O.ClH/c1-7(2)13(3,6-17)18-12(19)8-4-9(14)10(15)5-11(8)16;/h4-5,7H,6,17H2,1-3H3,(H,18,19);1H. The molecule has 1 aromatic rings. The van der Waals surface area contributed by atoms with Crippen molar-refractivity contribution in [2.75, 3.05) is 6.54 Å². The van der Waals surface area contributed by atoms with E-state index in [2.05, 4.69) is 5.32 Å². The van der Waals surface area contributed by atoms with Gasteiger partial charge in [-0.15, -0.1) is 12.4 Å². The molecule has 114 valence electrons. The van der Waals surface area contributed by atoms with Crippen molar-refractivity contribution in [1.29, 1.82) is 0 Å². The average molecular weight is 419 g/mol. The van der Waals surface area contributed by atoms with Gasteiger partial charge in [-0.1, -0.05) is 13.8 Å². The van der Waals surface area contributed by atoms with Gasteiger partial charge in [0.05, 0.1) is 11.1 Å². The Hall–Kier alpha value is -0.470. The summed E-state index contributed by atoms with van der Waals surface area (Å²) in [5, 5.41) is 2.79. The van der Waals surface area contributed by atoms with E-state index in [0.29, 0.717) is 3.57 Å². The van der Waals surface area contributed by atoms with Gasteiger partial charge in [0.15, 0.2) is 11.6 Å². The Morgan fingerprint density at radius 1 is 1.40 bits per heavy atom. The third-order valence-electron chi connectivity index (χ3n) is 3.35. The molecule has 1 rings (SSSR count). The normalized spacial score (nSPS) is 13.6. The summed E-state index contributed by atoms with van der Waals surface area (Å²) in [4.78, 5) is 12.1. The van der Waals surface area contributed by atoms with Gasteiger partial charge in [-0.2, -0.15) is 0 Å². The number of nitrogens with one attached hydrogen (secondary N) is 1. The number of rotatable bonds is 4. The van der Waals surface area contributed by atoms with Gasteiger partial charge < -0.3 is 11.1 Å². The zero-order valence-electron chi connectivity index (χ0n) is 11.5. The molecule has 0 fully saturated rings. The Kier molecular flexibility index (Phi) is 7.34. The number of amides is 1. The molecule has 0 aromatic heterocycles. The van der Waals surface area contributed by atoms with E-state index in [0.717, 1.165) is 12.1 Å². The SMILES string of the molecule is CC(C)C(C)(CN)NC(=O)c1cc(F)c(F)cc1I.Cl. The lowest BCUT2D eigenvalue weighted by Gasteiger charge is -2.33. The van der Waals surface area contributed by atoms with Gasteiger partial charge >= 0.3 is 0 Å². The van der Waals surface area contributed by atoms with Crippen molar-refractivity contribution >= 4 is 40.9 Å². The third-order valence-corrected chi connectivity index (χ3v) is 4.24. The van der Waals surface area contributed by atoms with Crippen LogP contribution >= 0.6 is 35.0 Å². The van der Waals surface area contributed by atoms with E-state index in [1.807, 2.05) is 20.8 Å². The fourth-order valence-corrected chi connectivity index (χ4v) is 2.13. The minimum absolute atomic E-state index is 0. The second kappa shape index (κ2) is 7.51. The van der Waals surface area contributed by atoms with Crippen molar-refractivity contribution < 1.29 is 13.6 Å². The molecule has 3 N–H and O–H groups in total. The quantitative estimate of drug-likeness (QED) is 0.583. The Bertz CT molecular complexity index is 500. The summed E-state index contributed by atoms with van der Waals surface area (Å²) in [6.45, 7) is 5.95. The molecule has 3 nitrogen and oxygen atoms in total. The molecule has 0 aliphatic carbocycles. The fraction of sp³-hybridized carbons (Fsp3) is 0.462. The first-order valence-electron chi connectivity index (χ1n) is 5.88. The minimum Gasteiger partial charge on any atom is -0.345 e. The van der Waals surface area contributed by atoms with E-state index in [-0.39, 0.29) is 30.4 Å². The third kappa shape index (κ3) is 4.26. The van der Waals surface area contributed by atoms with Crippen LogP contribution in [0.1, 0.15) is 31.1 Å². The molecular formula is C13H18ClF2IN2O. The topological polar surface area (TPSA) is 55.1 Å². The van der Waals surface area contributed by atoms with E-state index in [9.17, 15) is 13.6 Å². The van der Waals surface area contributed by atoms with Gasteiger partial charge in [-0.05, 0) is 47.6 Å². The Morgan fingerprint density at radius 2 is 1.90 bits per heavy atom. The predicted molar refractivity (Wildman–Crippen MR) is 86.1 cm³/mol. The number of halogens is 4. The molecule has 0 spiro atoms. The summed E-state index contributed by atoms with van der Waals surface area (Å²) in [6, 6.07) is 1.91. The number of hydrogen-bond acceptors (Lipinski definition) is 2. The molecule has 20 heavy (non-hydrogen) atoms. The van der Waals surface area contributed by atoms with Crippen LogP contribution in [0, 0.1) is 21.1 Å². The molecule has 1 aromatic carbocycles. The minimum atomic E-state index is -1.04. The van der Waals surface area contributed by atoms with Crippen molar-refractivity contribution in [2.24, 2.45) is 11.7 Å². The van der Waals surface area contributed by atoms with Crippen molar-refractivity contribution in [2.45, 2.75) is 26.3 Å². The molecule has 0 aliphatic heterocycles. The Labute approximate surface area is 137 Å². The van der Waals surface area contributed by atoms with Gasteiger partial charge in [-0.25, -0.2) is 8.78 Å². The highest BCUT2D eigenvalue weighted by molar-refractivity contribution is 14.1. The van der Waals surface area contributed by atoms with E-state index in [4.69, 9.17) is 5.73 Å². The van der Waals surface area contributed by atoms with Crippen LogP contribution in [0.4, 0.5) is 8.78 Å². The first-order valence-corrected chi connectivity index (χ1v) is 6.96. The summed E-state index contributed by atoms with van der Waals surface area (Å²) in [7, 11) is 0. The number of carbonyl (C=O) groups is 1. The summed E-state index contributed by atoms with van der Waals surface area (Å²) in [5.74, 6) is -2.34. The van der Waals surface area contributed by atoms with Gasteiger partial charge in [-0.3, -0.25) is 4.79 Å².